The largest absolute Gasteiger partial charge is 0.465 e. The SMILES string of the molecule is CN(C(=O)O)c1ccc(C(=O)NO)cc1. The number of nitrogens with zero attached hydrogens (tertiary/aromatic N) is 1. The summed E-state index contributed by atoms with van der Waals surface area (Å²) in [6.45, 7) is 0. The topological polar surface area (TPSA) is 89.9 Å². The molecule has 1 rings (SSSR count). The molecule has 0 heterocycles. The molecule has 0 aromatic heterocycles. The minimum Gasteiger partial charge on any atom is -0.465 e. The first-order valence-corrected chi connectivity index (χ1v) is 4.07. The van der Waals surface area contributed by atoms with Crippen LogP contribution in [0.4, 0.5) is 10.5 Å². The van der Waals surface area contributed by atoms with Crippen LogP contribution in [-0.4, -0.2) is 29.4 Å². The molecule has 6 nitrogen and oxygen atoms in total. The molecule has 1 aromatic carbocycles. The average molecular weight is 210 g/mol. The lowest BCUT2D eigenvalue weighted by atomic mass is 10.2. The van der Waals surface area contributed by atoms with Gasteiger partial charge in [-0.2, -0.15) is 0 Å². The lowest BCUT2D eigenvalue weighted by molar-refractivity contribution is 0.0706. The Labute approximate surface area is 85.7 Å². The summed E-state index contributed by atoms with van der Waals surface area (Å²) in [6.07, 6.45) is -1.09. The molecule has 0 spiro atoms. The summed E-state index contributed by atoms with van der Waals surface area (Å²) in [6, 6.07) is 5.78. The number of hydrogen-bond acceptors (Lipinski definition) is 3. The summed E-state index contributed by atoms with van der Waals surface area (Å²) >= 11 is 0. The number of hydrogen-bond donors (Lipinski definition) is 3. The number of carbonyl (C=O) groups is 2. The van der Waals surface area contributed by atoms with Crippen LogP contribution in [0.5, 0.6) is 0 Å². The van der Waals surface area contributed by atoms with Crippen molar-refractivity contribution in [2.75, 3.05) is 11.9 Å². The Morgan fingerprint density at radius 1 is 1.27 bits per heavy atom. The molecule has 1 aromatic rings. The zero-order valence-electron chi connectivity index (χ0n) is 7.97. The normalized spacial score (nSPS) is 9.47. The lowest BCUT2D eigenvalue weighted by Gasteiger charge is -2.12. The number of anilines is 1. The highest BCUT2D eigenvalue weighted by atomic mass is 16.5. The van der Waals surface area contributed by atoms with Gasteiger partial charge < -0.3 is 5.11 Å². The van der Waals surface area contributed by atoms with Gasteiger partial charge in [-0.25, -0.2) is 10.3 Å². The molecule has 3 N–H and O–H groups in total. The van der Waals surface area contributed by atoms with Crippen LogP contribution >= 0.6 is 0 Å². The molecule has 80 valence electrons. The van der Waals surface area contributed by atoms with Gasteiger partial charge in [-0.15, -0.1) is 0 Å². The van der Waals surface area contributed by atoms with Crippen LogP contribution in [0.15, 0.2) is 24.3 Å². The number of hydroxylamine groups is 1. The smallest absolute Gasteiger partial charge is 0.411 e. The third-order valence-corrected chi connectivity index (χ3v) is 1.91. The minimum absolute atomic E-state index is 0.250. The molecular formula is C9H10N2O4. The van der Waals surface area contributed by atoms with Gasteiger partial charge in [-0.05, 0) is 24.3 Å². The number of carboxylic acid groups (broad SMARTS) is 1. The van der Waals surface area contributed by atoms with Crippen molar-refractivity contribution in [2.45, 2.75) is 0 Å². The van der Waals surface area contributed by atoms with Gasteiger partial charge in [-0.3, -0.25) is 14.9 Å². The Morgan fingerprint density at radius 3 is 2.20 bits per heavy atom. The predicted octanol–water partition coefficient (Wildman–Crippen LogP) is 0.920. The molecule has 0 atom stereocenters. The van der Waals surface area contributed by atoms with Crippen molar-refractivity contribution in [1.29, 1.82) is 0 Å². The van der Waals surface area contributed by atoms with Crippen LogP contribution < -0.4 is 10.4 Å². The maximum atomic E-state index is 10.9. The summed E-state index contributed by atoms with van der Waals surface area (Å²) in [5.74, 6) is -0.639. The van der Waals surface area contributed by atoms with Crippen molar-refractivity contribution >= 4 is 17.7 Å². The molecule has 0 fully saturated rings. The zero-order valence-corrected chi connectivity index (χ0v) is 7.97. The van der Waals surface area contributed by atoms with E-state index in [1.54, 1.807) is 0 Å². The summed E-state index contributed by atoms with van der Waals surface area (Å²) in [5, 5.41) is 17.0. The third-order valence-electron chi connectivity index (χ3n) is 1.91. The van der Waals surface area contributed by atoms with Crippen molar-refractivity contribution in [3.05, 3.63) is 29.8 Å². The predicted molar refractivity (Wildman–Crippen MR) is 52.1 cm³/mol. The first-order chi connectivity index (χ1) is 7.06. The minimum atomic E-state index is -1.09. The number of nitrogens with one attached hydrogen (secondary N) is 1. The molecule has 2 amide bonds. The summed E-state index contributed by atoms with van der Waals surface area (Å²) in [4.78, 5) is 22.5. The van der Waals surface area contributed by atoms with Gasteiger partial charge >= 0.3 is 6.09 Å². The fraction of sp³-hybridized carbons (Fsp3) is 0.111. The second-order valence-electron chi connectivity index (χ2n) is 2.83. The van der Waals surface area contributed by atoms with E-state index in [2.05, 4.69) is 0 Å². The summed E-state index contributed by atoms with van der Waals surface area (Å²) in [7, 11) is 1.39. The number of amides is 2. The molecule has 6 heteroatoms. The standard InChI is InChI=1S/C9H10N2O4/c1-11(9(13)14)7-4-2-6(3-5-7)8(12)10-15/h2-5,15H,1H3,(H,10,12)(H,13,14). The lowest BCUT2D eigenvalue weighted by Crippen LogP contribution is -2.24. The van der Waals surface area contributed by atoms with Gasteiger partial charge in [0, 0.05) is 18.3 Å². The Kier molecular flexibility index (Phi) is 3.25. The molecule has 15 heavy (non-hydrogen) atoms. The maximum Gasteiger partial charge on any atom is 0.411 e. The average Bonchev–Trinajstić information content (AvgIpc) is 2.27. The van der Waals surface area contributed by atoms with Crippen LogP contribution in [0.2, 0.25) is 0 Å². The van der Waals surface area contributed by atoms with Crippen LogP contribution in [0.1, 0.15) is 10.4 Å². The first kappa shape index (κ1) is 11.0. The van der Waals surface area contributed by atoms with E-state index in [0.29, 0.717) is 5.69 Å². The first-order valence-electron chi connectivity index (χ1n) is 4.07. The summed E-state index contributed by atoms with van der Waals surface area (Å²) in [5.41, 5.74) is 2.18. The van der Waals surface area contributed by atoms with Crippen molar-refractivity contribution < 1.29 is 19.9 Å². The quantitative estimate of drug-likeness (QED) is 0.500. The van der Waals surface area contributed by atoms with Crippen LogP contribution in [0.25, 0.3) is 0 Å². The van der Waals surface area contributed by atoms with Gasteiger partial charge in [0.05, 0.1) is 0 Å². The highest BCUT2D eigenvalue weighted by molar-refractivity contribution is 5.94. The van der Waals surface area contributed by atoms with Gasteiger partial charge in [0.1, 0.15) is 0 Å². The van der Waals surface area contributed by atoms with Gasteiger partial charge in [0.25, 0.3) is 5.91 Å². The van der Waals surface area contributed by atoms with E-state index in [1.165, 1.54) is 36.8 Å². The van der Waals surface area contributed by atoms with Gasteiger partial charge in [-0.1, -0.05) is 0 Å². The van der Waals surface area contributed by atoms with Crippen molar-refractivity contribution in [1.82, 2.24) is 5.48 Å². The molecule has 0 unspecified atom stereocenters. The molecular weight excluding hydrogens is 200 g/mol. The number of rotatable bonds is 2. The fourth-order valence-electron chi connectivity index (χ4n) is 1.01. The van der Waals surface area contributed by atoms with Crippen molar-refractivity contribution in [2.24, 2.45) is 0 Å². The zero-order chi connectivity index (χ0) is 11.4. The summed E-state index contributed by atoms with van der Waals surface area (Å²) < 4.78 is 0. The molecule has 0 bridgehead atoms. The highest BCUT2D eigenvalue weighted by Gasteiger charge is 2.09. The number of benzene rings is 1. The number of carbonyl (C=O) groups excluding carboxylic acids is 1. The van der Waals surface area contributed by atoms with E-state index in [4.69, 9.17) is 10.3 Å². The maximum absolute atomic E-state index is 10.9. The van der Waals surface area contributed by atoms with Crippen molar-refractivity contribution in [3.63, 3.8) is 0 Å². The molecule has 0 aliphatic heterocycles. The van der Waals surface area contributed by atoms with Crippen LogP contribution in [0, 0.1) is 0 Å². The van der Waals surface area contributed by atoms with E-state index in [-0.39, 0.29) is 5.56 Å². The van der Waals surface area contributed by atoms with Gasteiger partial charge in [0.2, 0.25) is 0 Å². The highest BCUT2D eigenvalue weighted by Crippen LogP contribution is 2.13. The Bertz CT molecular complexity index is 374. The molecule has 0 radical (unpaired) electrons. The van der Waals surface area contributed by atoms with Crippen LogP contribution in [0.3, 0.4) is 0 Å². The molecule has 0 aliphatic carbocycles. The molecule has 0 aliphatic rings. The van der Waals surface area contributed by atoms with E-state index in [1.807, 2.05) is 0 Å². The monoisotopic (exact) mass is 210 g/mol. The van der Waals surface area contributed by atoms with E-state index >= 15 is 0 Å². The van der Waals surface area contributed by atoms with Crippen molar-refractivity contribution in [3.8, 4) is 0 Å². The Hall–Kier alpha value is -2.08. The molecule has 0 saturated carbocycles. The fourth-order valence-corrected chi connectivity index (χ4v) is 1.01. The van der Waals surface area contributed by atoms with Gasteiger partial charge in [0.15, 0.2) is 0 Å². The second kappa shape index (κ2) is 4.43. The molecule has 0 saturated heterocycles. The third kappa shape index (κ3) is 2.44. The second-order valence-corrected chi connectivity index (χ2v) is 2.83. The van der Waals surface area contributed by atoms with E-state index in [0.717, 1.165) is 4.90 Å². The Balaban J connectivity index is 2.90. The van der Waals surface area contributed by atoms with E-state index < -0.39 is 12.0 Å². The Morgan fingerprint density at radius 2 is 1.80 bits per heavy atom. The van der Waals surface area contributed by atoms with E-state index in [9.17, 15) is 9.59 Å². The van der Waals surface area contributed by atoms with Crippen LogP contribution in [-0.2, 0) is 0 Å².